The second-order valence-electron chi connectivity index (χ2n) is 13.8. The molecule has 1 atom stereocenters. The number of rotatable bonds is 2. The summed E-state index contributed by atoms with van der Waals surface area (Å²) in [6.45, 7) is 7.13. The van der Waals surface area contributed by atoms with Crippen LogP contribution in [-0.2, 0) is 5.41 Å². The van der Waals surface area contributed by atoms with Crippen LogP contribution in [-0.4, -0.2) is 9.97 Å². The zero-order valence-electron chi connectivity index (χ0n) is 26.6. The quantitative estimate of drug-likeness (QED) is 0.184. The third kappa shape index (κ3) is 3.74. The monoisotopic (exact) mass is 604 g/mol. The Balaban J connectivity index is 1.08. The third-order valence-electron chi connectivity index (χ3n) is 10.8. The average Bonchev–Trinajstić information content (AvgIpc) is 3.59. The molecule has 0 amide bonds. The van der Waals surface area contributed by atoms with E-state index in [-0.39, 0.29) is 5.41 Å². The molecule has 1 unspecified atom stereocenters. The van der Waals surface area contributed by atoms with Gasteiger partial charge in [-0.3, -0.25) is 4.98 Å². The van der Waals surface area contributed by atoms with Gasteiger partial charge in [-0.1, -0.05) is 112 Å². The lowest BCUT2D eigenvalue weighted by atomic mass is 9.76. The fourth-order valence-corrected chi connectivity index (χ4v) is 8.42. The Morgan fingerprint density at radius 1 is 0.660 bits per heavy atom. The van der Waals surface area contributed by atoms with Crippen LogP contribution in [0.3, 0.4) is 0 Å². The van der Waals surface area contributed by atoms with Crippen LogP contribution >= 0.6 is 0 Å². The summed E-state index contributed by atoms with van der Waals surface area (Å²) in [5.74, 6) is 0.371. The zero-order valence-corrected chi connectivity index (χ0v) is 26.6. The summed E-state index contributed by atoms with van der Waals surface area (Å²) < 4.78 is 6.11. The number of benzene rings is 6. The Kier molecular flexibility index (Phi) is 5.38. The smallest absolute Gasteiger partial charge is 0.135 e. The van der Waals surface area contributed by atoms with E-state index in [1.54, 1.807) is 0 Å². The number of aromatic nitrogens is 2. The summed E-state index contributed by atoms with van der Waals surface area (Å²) in [6, 6.07) is 39.1. The van der Waals surface area contributed by atoms with Gasteiger partial charge < -0.3 is 4.42 Å². The minimum atomic E-state index is -0.139. The number of hydrogen-bond acceptors (Lipinski definition) is 3. The van der Waals surface area contributed by atoms with E-state index in [1.807, 2.05) is 18.3 Å². The second-order valence-corrected chi connectivity index (χ2v) is 13.8. The molecule has 0 saturated heterocycles. The van der Waals surface area contributed by atoms with Crippen molar-refractivity contribution in [3.05, 3.63) is 144 Å². The van der Waals surface area contributed by atoms with Crippen LogP contribution in [0.25, 0.3) is 76.8 Å². The SMILES string of the molecule is CC1CC(c2cnc3c4ccccc4c4ccccc4c3n2)=CC2=C1c1ccc(-c3ccc4oc5ccccc5c4c3)cc1C2(C)C. The standard InChI is InChI=1S/C44H32N2O/c1-25-20-28(38-24-45-42-32-13-6-4-10-29(32)30-11-5-7-14-33(30)43(42)46-38)23-37-41(25)34-18-16-27(22-36(34)44(37,2)3)26-17-19-40-35(21-26)31-12-8-9-15-39(31)47-40/h4-19,21-25H,20H2,1-3H3. The number of allylic oxidation sites excluding steroid dienone is 4. The average molecular weight is 605 g/mol. The van der Waals surface area contributed by atoms with Gasteiger partial charge in [0.15, 0.2) is 0 Å². The fraction of sp³-hybridized carbons (Fsp3) is 0.136. The maximum atomic E-state index is 6.11. The molecule has 6 aromatic carbocycles. The van der Waals surface area contributed by atoms with E-state index in [0.29, 0.717) is 5.92 Å². The largest absolute Gasteiger partial charge is 0.456 e. The highest BCUT2D eigenvalue weighted by Crippen LogP contribution is 2.54. The van der Waals surface area contributed by atoms with Crippen LogP contribution in [0.4, 0.5) is 0 Å². The molecule has 10 rings (SSSR count). The highest BCUT2D eigenvalue weighted by molar-refractivity contribution is 6.23. The first-order valence-corrected chi connectivity index (χ1v) is 16.5. The van der Waals surface area contributed by atoms with Gasteiger partial charge in [0.25, 0.3) is 0 Å². The van der Waals surface area contributed by atoms with Crippen molar-refractivity contribution in [2.24, 2.45) is 5.92 Å². The fourth-order valence-electron chi connectivity index (χ4n) is 8.42. The molecule has 224 valence electrons. The van der Waals surface area contributed by atoms with E-state index in [0.717, 1.165) is 55.9 Å². The molecule has 0 saturated carbocycles. The Morgan fingerprint density at radius 3 is 2.09 bits per heavy atom. The van der Waals surface area contributed by atoms with Crippen molar-refractivity contribution in [3.8, 4) is 11.1 Å². The molecule has 8 aromatic rings. The highest BCUT2D eigenvalue weighted by atomic mass is 16.3. The Morgan fingerprint density at radius 2 is 1.30 bits per heavy atom. The van der Waals surface area contributed by atoms with E-state index in [9.17, 15) is 0 Å². The number of para-hydroxylation sites is 1. The molecule has 2 aliphatic carbocycles. The first kappa shape index (κ1) is 26.7. The van der Waals surface area contributed by atoms with Crippen molar-refractivity contribution in [3.63, 3.8) is 0 Å². The van der Waals surface area contributed by atoms with E-state index in [4.69, 9.17) is 14.4 Å². The van der Waals surface area contributed by atoms with E-state index >= 15 is 0 Å². The molecule has 2 heterocycles. The third-order valence-corrected chi connectivity index (χ3v) is 10.8. The summed E-state index contributed by atoms with van der Waals surface area (Å²) >= 11 is 0. The summed E-state index contributed by atoms with van der Waals surface area (Å²) in [5, 5.41) is 7.07. The van der Waals surface area contributed by atoms with Crippen LogP contribution < -0.4 is 0 Å². The number of fused-ring (bicyclic) bond motifs is 11. The minimum Gasteiger partial charge on any atom is -0.456 e. The van der Waals surface area contributed by atoms with Crippen LogP contribution in [0.1, 0.15) is 44.0 Å². The predicted octanol–water partition coefficient (Wildman–Crippen LogP) is 11.7. The van der Waals surface area contributed by atoms with Gasteiger partial charge in [0.2, 0.25) is 0 Å². The molecule has 3 heteroatoms. The van der Waals surface area contributed by atoms with Gasteiger partial charge >= 0.3 is 0 Å². The summed E-state index contributed by atoms with van der Waals surface area (Å²) in [6.07, 6.45) is 5.36. The zero-order chi connectivity index (χ0) is 31.4. The maximum Gasteiger partial charge on any atom is 0.135 e. The molecule has 0 N–H and O–H groups in total. The van der Waals surface area contributed by atoms with Gasteiger partial charge in [0, 0.05) is 27.0 Å². The predicted molar refractivity (Wildman–Crippen MR) is 195 cm³/mol. The molecule has 3 nitrogen and oxygen atoms in total. The van der Waals surface area contributed by atoms with E-state index < -0.39 is 0 Å². The van der Waals surface area contributed by atoms with Crippen LogP contribution in [0.2, 0.25) is 0 Å². The molecule has 0 spiro atoms. The minimum absolute atomic E-state index is 0.139. The van der Waals surface area contributed by atoms with Crippen molar-refractivity contribution < 1.29 is 4.42 Å². The van der Waals surface area contributed by atoms with Gasteiger partial charge in [-0.2, -0.15) is 0 Å². The first-order valence-electron chi connectivity index (χ1n) is 16.5. The normalized spacial score (nSPS) is 17.2. The number of furan rings is 1. The van der Waals surface area contributed by atoms with Crippen LogP contribution in [0, 0.1) is 5.92 Å². The molecular weight excluding hydrogens is 572 g/mol. The summed E-state index contributed by atoms with van der Waals surface area (Å²) in [5.41, 5.74) is 14.0. The van der Waals surface area contributed by atoms with E-state index in [1.165, 1.54) is 49.7 Å². The topological polar surface area (TPSA) is 38.9 Å². The lowest BCUT2D eigenvalue weighted by Gasteiger charge is -2.28. The molecule has 47 heavy (non-hydrogen) atoms. The van der Waals surface area contributed by atoms with Gasteiger partial charge in [-0.25, -0.2) is 4.98 Å². The lowest BCUT2D eigenvalue weighted by molar-refractivity contribution is 0.645. The van der Waals surface area contributed by atoms with Crippen molar-refractivity contribution in [2.45, 2.75) is 32.6 Å². The maximum absolute atomic E-state index is 6.11. The molecule has 0 fully saturated rings. The van der Waals surface area contributed by atoms with Crippen molar-refractivity contribution >= 4 is 65.7 Å². The Hall–Kier alpha value is -5.54. The number of nitrogens with zero attached hydrogens (tertiary/aromatic N) is 2. The van der Waals surface area contributed by atoms with E-state index in [2.05, 4.69) is 124 Å². The van der Waals surface area contributed by atoms with Gasteiger partial charge in [-0.15, -0.1) is 0 Å². The van der Waals surface area contributed by atoms with Crippen molar-refractivity contribution in [1.82, 2.24) is 9.97 Å². The van der Waals surface area contributed by atoms with Crippen molar-refractivity contribution in [2.75, 3.05) is 0 Å². The summed E-state index contributed by atoms with van der Waals surface area (Å²) in [7, 11) is 0. The van der Waals surface area contributed by atoms with Crippen LogP contribution in [0.5, 0.6) is 0 Å². The molecule has 2 aromatic heterocycles. The molecule has 0 aliphatic heterocycles. The lowest BCUT2D eigenvalue weighted by Crippen LogP contribution is -2.18. The molecule has 0 radical (unpaired) electrons. The molecule has 0 bridgehead atoms. The van der Waals surface area contributed by atoms with Gasteiger partial charge in [0.1, 0.15) is 11.2 Å². The molecular formula is C44H32N2O. The first-order chi connectivity index (χ1) is 23.0. The number of hydrogen-bond donors (Lipinski definition) is 0. The van der Waals surface area contributed by atoms with Gasteiger partial charge in [0.05, 0.1) is 22.9 Å². The Labute approximate surface area is 272 Å². The van der Waals surface area contributed by atoms with Crippen molar-refractivity contribution in [1.29, 1.82) is 0 Å². The Bertz CT molecular complexity index is 2670. The van der Waals surface area contributed by atoms with Crippen LogP contribution in [0.15, 0.2) is 131 Å². The highest BCUT2D eigenvalue weighted by Gasteiger charge is 2.41. The second kappa shape index (κ2) is 9.49. The summed E-state index contributed by atoms with van der Waals surface area (Å²) in [4.78, 5) is 10.4. The van der Waals surface area contributed by atoms with Gasteiger partial charge in [-0.05, 0) is 86.3 Å². The molecule has 2 aliphatic rings.